The van der Waals surface area contributed by atoms with E-state index >= 15 is 0 Å². The molecule has 1 heterocycles. The fourth-order valence-electron chi connectivity index (χ4n) is 1.46. The number of carbonyl (C=O) groups is 1. The number of primary amides is 1. The van der Waals surface area contributed by atoms with Crippen LogP contribution in [0.2, 0.25) is 0 Å². The van der Waals surface area contributed by atoms with Gasteiger partial charge in [0, 0.05) is 6.54 Å². The lowest BCUT2D eigenvalue weighted by Gasteiger charge is -2.02. The molecular formula is C11H13N5O. The van der Waals surface area contributed by atoms with Crippen molar-refractivity contribution in [1.82, 2.24) is 15.0 Å². The third-order valence-corrected chi connectivity index (χ3v) is 2.39. The maximum Gasteiger partial charge on any atom is 0.270 e. The molecule has 0 atom stereocenters. The number of benzene rings is 1. The van der Waals surface area contributed by atoms with Gasteiger partial charge in [-0.3, -0.25) is 4.79 Å². The standard InChI is InChI=1S/C11H13N5O/c12-5-8-1-3-9(4-2-8)6-16-7-10(11(13)17)14-15-16/h1-4,7H,5-6,12H2,(H2,13,17). The maximum atomic E-state index is 10.8. The number of hydrogen-bond acceptors (Lipinski definition) is 4. The smallest absolute Gasteiger partial charge is 0.270 e. The quantitative estimate of drug-likeness (QED) is 0.766. The van der Waals surface area contributed by atoms with E-state index in [1.807, 2.05) is 24.3 Å². The molecule has 0 aliphatic rings. The average Bonchev–Trinajstić information content (AvgIpc) is 2.79. The summed E-state index contributed by atoms with van der Waals surface area (Å²) in [7, 11) is 0. The van der Waals surface area contributed by atoms with Gasteiger partial charge in [0.05, 0.1) is 12.7 Å². The number of aromatic nitrogens is 3. The summed E-state index contributed by atoms with van der Waals surface area (Å²) in [4.78, 5) is 10.8. The van der Waals surface area contributed by atoms with Gasteiger partial charge in [0.1, 0.15) is 0 Å². The Bertz CT molecular complexity index is 517. The van der Waals surface area contributed by atoms with Crippen molar-refractivity contribution in [1.29, 1.82) is 0 Å². The summed E-state index contributed by atoms with van der Waals surface area (Å²) < 4.78 is 1.57. The van der Waals surface area contributed by atoms with Gasteiger partial charge < -0.3 is 11.5 Å². The molecule has 0 aliphatic heterocycles. The minimum absolute atomic E-state index is 0.170. The lowest BCUT2D eigenvalue weighted by Crippen LogP contribution is -2.11. The van der Waals surface area contributed by atoms with Crippen molar-refractivity contribution >= 4 is 5.91 Å². The highest BCUT2D eigenvalue weighted by Gasteiger charge is 2.06. The first-order chi connectivity index (χ1) is 8.19. The van der Waals surface area contributed by atoms with Crippen LogP contribution in [-0.2, 0) is 13.1 Å². The van der Waals surface area contributed by atoms with E-state index in [9.17, 15) is 4.79 Å². The lowest BCUT2D eigenvalue weighted by atomic mass is 10.1. The number of amides is 1. The summed E-state index contributed by atoms with van der Waals surface area (Å²) in [5.41, 5.74) is 12.9. The summed E-state index contributed by atoms with van der Waals surface area (Å²) in [6, 6.07) is 7.85. The first-order valence-corrected chi connectivity index (χ1v) is 5.17. The second kappa shape index (κ2) is 4.75. The van der Waals surface area contributed by atoms with E-state index in [0.29, 0.717) is 13.1 Å². The third-order valence-electron chi connectivity index (χ3n) is 2.39. The van der Waals surface area contributed by atoms with Crippen molar-refractivity contribution < 1.29 is 4.79 Å². The van der Waals surface area contributed by atoms with E-state index in [2.05, 4.69) is 10.3 Å². The summed E-state index contributed by atoms with van der Waals surface area (Å²) in [5, 5.41) is 7.48. The SMILES string of the molecule is NCc1ccc(Cn2cc(C(N)=O)nn2)cc1. The summed E-state index contributed by atoms with van der Waals surface area (Å²) in [6.45, 7) is 1.07. The lowest BCUT2D eigenvalue weighted by molar-refractivity contribution is 0.0995. The molecule has 1 aromatic heterocycles. The number of nitrogens with zero attached hydrogens (tertiary/aromatic N) is 3. The normalized spacial score (nSPS) is 10.4. The Morgan fingerprint density at radius 2 is 1.88 bits per heavy atom. The summed E-state index contributed by atoms with van der Waals surface area (Å²) in [5.74, 6) is -0.574. The average molecular weight is 231 g/mol. The number of carbonyl (C=O) groups excluding carboxylic acids is 1. The minimum Gasteiger partial charge on any atom is -0.364 e. The largest absolute Gasteiger partial charge is 0.364 e. The highest BCUT2D eigenvalue weighted by molar-refractivity contribution is 5.90. The van der Waals surface area contributed by atoms with Crippen molar-refractivity contribution in [2.24, 2.45) is 11.5 Å². The highest BCUT2D eigenvalue weighted by Crippen LogP contribution is 2.05. The van der Waals surface area contributed by atoms with Crippen LogP contribution in [-0.4, -0.2) is 20.9 Å². The molecule has 0 aliphatic carbocycles. The predicted molar refractivity (Wildman–Crippen MR) is 62.0 cm³/mol. The van der Waals surface area contributed by atoms with E-state index in [0.717, 1.165) is 11.1 Å². The van der Waals surface area contributed by atoms with E-state index in [1.165, 1.54) is 6.20 Å². The molecule has 2 rings (SSSR count). The van der Waals surface area contributed by atoms with Crippen LogP contribution in [0, 0.1) is 0 Å². The molecule has 0 radical (unpaired) electrons. The maximum absolute atomic E-state index is 10.8. The Hall–Kier alpha value is -2.21. The molecule has 1 aromatic carbocycles. The van der Waals surface area contributed by atoms with Crippen LogP contribution in [0.1, 0.15) is 21.6 Å². The van der Waals surface area contributed by atoms with Gasteiger partial charge in [-0.1, -0.05) is 29.5 Å². The molecule has 6 nitrogen and oxygen atoms in total. The van der Waals surface area contributed by atoms with Gasteiger partial charge in [-0.2, -0.15) is 0 Å². The zero-order chi connectivity index (χ0) is 12.3. The molecule has 2 aromatic rings. The van der Waals surface area contributed by atoms with Gasteiger partial charge in [-0.25, -0.2) is 4.68 Å². The van der Waals surface area contributed by atoms with Crippen LogP contribution in [0.3, 0.4) is 0 Å². The Morgan fingerprint density at radius 1 is 1.24 bits per heavy atom. The van der Waals surface area contributed by atoms with Gasteiger partial charge in [0.25, 0.3) is 5.91 Å². The molecule has 6 heteroatoms. The number of rotatable bonds is 4. The monoisotopic (exact) mass is 231 g/mol. The molecule has 1 amide bonds. The molecule has 0 spiro atoms. The zero-order valence-electron chi connectivity index (χ0n) is 9.21. The molecule has 17 heavy (non-hydrogen) atoms. The van der Waals surface area contributed by atoms with Crippen LogP contribution in [0.4, 0.5) is 0 Å². The van der Waals surface area contributed by atoms with Crippen molar-refractivity contribution in [2.45, 2.75) is 13.1 Å². The Balaban J connectivity index is 2.11. The highest BCUT2D eigenvalue weighted by atomic mass is 16.1. The molecule has 0 saturated carbocycles. The van der Waals surface area contributed by atoms with Crippen LogP contribution in [0.5, 0.6) is 0 Å². The van der Waals surface area contributed by atoms with Crippen molar-refractivity contribution in [2.75, 3.05) is 0 Å². The second-order valence-corrected chi connectivity index (χ2v) is 3.69. The van der Waals surface area contributed by atoms with Crippen LogP contribution >= 0.6 is 0 Å². The first kappa shape index (κ1) is 11.3. The Morgan fingerprint density at radius 3 is 2.41 bits per heavy atom. The van der Waals surface area contributed by atoms with Crippen LogP contribution < -0.4 is 11.5 Å². The third kappa shape index (κ3) is 2.67. The van der Waals surface area contributed by atoms with E-state index in [1.54, 1.807) is 4.68 Å². The Kier molecular flexibility index (Phi) is 3.15. The summed E-state index contributed by atoms with van der Waals surface area (Å²) in [6.07, 6.45) is 1.53. The zero-order valence-corrected chi connectivity index (χ0v) is 9.21. The predicted octanol–water partition coefficient (Wildman–Crippen LogP) is -0.116. The van der Waals surface area contributed by atoms with Gasteiger partial charge in [0.2, 0.25) is 0 Å². The molecular weight excluding hydrogens is 218 g/mol. The second-order valence-electron chi connectivity index (χ2n) is 3.69. The van der Waals surface area contributed by atoms with E-state index in [-0.39, 0.29) is 5.69 Å². The topological polar surface area (TPSA) is 99.8 Å². The van der Waals surface area contributed by atoms with Crippen molar-refractivity contribution in [3.05, 3.63) is 47.3 Å². The molecule has 88 valence electrons. The fraction of sp³-hybridized carbons (Fsp3) is 0.182. The molecule has 0 saturated heterocycles. The van der Waals surface area contributed by atoms with E-state index in [4.69, 9.17) is 11.5 Å². The van der Waals surface area contributed by atoms with Gasteiger partial charge in [-0.15, -0.1) is 5.10 Å². The molecule has 0 bridgehead atoms. The van der Waals surface area contributed by atoms with Crippen molar-refractivity contribution in [3.63, 3.8) is 0 Å². The van der Waals surface area contributed by atoms with Crippen LogP contribution in [0.15, 0.2) is 30.5 Å². The van der Waals surface area contributed by atoms with Gasteiger partial charge in [0.15, 0.2) is 5.69 Å². The minimum atomic E-state index is -0.574. The fourth-order valence-corrected chi connectivity index (χ4v) is 1.46. The van der Waals surface area contributed by atoms with E-state index < -0.39 is 5.91 Å². The number of hydrogen-bond donors (Lipinski definition) is 2. The first-order valence-electron chi connectivity index (χ1n) is 5.17. The Labute approximate surface area is 98.2 Å². The van der Waals surface area contributed by atoms with Crippen molar-refractivity contribution in [3.8, 4) is 0 Å². The van der Waals surface area contributed by atoms with Gasteiger partial charge >= 0.3 is 0 Å². The molecule has 0 unspecified atom stereocenters. The van der Waals surface area contributed by atoms with Crippen LogP contribution in [0.25, 0.3) is 0 Å². The number of nitrogens with two attached hydrogens (primary N) is 2. The summed E-state index contributed by atoms with van der Waals surface area (Å²) >= 11 is 0. The molecule has 4 N–H and O–H groups in total. The van der Waals surface area contributed by atoms with Gasteiger partial charge in [-0.05, 0) is 11.1 Å². The molecule has 0 fully saturated rings.